The first-order chi connectivity index (χ1) is 9.29. The maximum Gasteiger partial charge on any atom is 0.342 e. The normalized spacial score (nSPS) is 17.0. The number of hydrogen-bond donors (Lipinski definition) is 6. The van der Waals surface area contributed by atoms with E-state index in [1.807, 2.05) is 0 Å². The highest BCUT2D eigenvalue weighted by Gasteiger charge is 2.58. The van der Waals surface area contributed by atoms with Crippen LogP contribution < -0.4 is 0 Å². The molecule has 0 aromatic rings. The standard InChI is InChI=1S/C8H16O11P2/c1-19-3-2-8(7(11)12,21(16,17)18)4-5(6(9)10)20(13,14)15/h5H,2-4H2,1H3,(H,9,10)(H,11,12)(H2,13,14,15)(H2,16,17,18). The molecule has 124 valence electrons. The molecule has 0 spiro atoms. The highest BCUT2D eigenvalue weighted by Crippen LogP contribution is 2.58. The van der Waals surface area contributed by atoms with E-state index in [1.54, 1.807) is 0 Å². The predicted molar refractivity (Wildman–Crippen MR) is 67.0 cm³/mol. The zero-order chi connectivity index (χ0) is 17.1. The Labute approximate surface area is 118 Å². The van der Waals surface area contributed by atoms with Gasteiger partial charge < -0.3 is 34.5 Å². The Kier molecular flexibility index (Phi) is 6.71. The molecule has 0 aromatic carbocycles. The molecule has 21 heavy (non-hydrogen) atoms. The van der Waals surface area contributed by atoms with E-state index in [2.05, 4.69) is 4.74 Å². The van der Waals surface area contributed by atoms with Gasteiger partial charge in [0.25, 0.3) is 0 Å². The van der Waals surface area contributed by atoms with Gasteiger partial charge in [-0.1, -0.05) is 0 Å². The first-order valence-corrected chi connectivity index (χ1v) is 8.65. The lowest BCUT2D eigenvalue weighted by molar-refractivity contribution is -0.142. The van der Waals surface area contributed by atoms with Gasteiger partial charge in [-0.05, 0) is 12.8 Å². The van der Waals surface area contributed by atoms with Crippen LogP contribution in [0, 0.1) is 0 Å². The average Bonchev–Trinajstić information content (AvgIpc) is 2.24. The number of carboxylic acids is 2. The van der Waals surface area contributed by atoms with Crippen LogP contribution in [-0.4, -0.2) is 66.3 Å². The lowest BCUT2D eigenvalue weighted by atomic mass is 9.98. The quantitative estimate of drug-likeness (QED) is 0.280. The second kappa shape index (κ2) is 6.97. The van der Waals surface area contributed by atoms with Crippen LogP contribution in [0.2, 0.25) is 0 Å². The second-order valence-corrected chi connectivity index (χ2v) is 8.02. The van der Waals surface area contributed by atoms with Gasteiger partial charge in [0.15, 0.2) is 10.8 Å². The molecule has 0 aromatic heterocycles. The number of carboxylic acid groups (broad SMARTS) is 2. The minimum Gasteiger partial charge on any atom is -0.481 e. The summed E-state index contributed by atoms with van der Waals surface area (Å²) in [5.41, 5.74) is -2.56. The Balaban J connectivity index is 5.91. The molecule has 0 aliphatic heterocycles. The zero-order valence-corrected chi connectivity index (χ0v) is 12.6. The Morgan fingerprint density at radius 3 is 1.86 bits per heavy atom. The van der Waals surface area contributed by atoms with Crippen molar-refractivity contribution in [3.05, 3.63) is 0 Å². The van der Waals surface area contributed by atoms with Crippen LogP contribution in [0.15, 0.2) is 0 Å². The van der Waals surface area contributed by atoms with Crippen molar-refractivity contribution in [1.82, 2.24) is 0 Å². The molecule has 0 saturated carbocycles. The Bertz CT molecular complexity index is 490. The van der Waals surface area contributed by atoms with Gasteiger partial charge in [-0.15, -0.1) is 0 Å². The molecule has 0 aliphatic carbocycles. The molecular weight excluding hydrogens is 334 g/mol. The molecule has 0 fully saturated rings. The van der Waals surface area contributed by atoms with Crippen LogP contribution in [0.3, 0.4) is 0 Å². The van der Waals surface area contributed by atoms with Crippen molar-refractivity contribution in [2.45, 2.75) is 23.7 Å². The van der Waals surface area contributed by atoms with Crippen LogP contribution in [-0.2, 0) is 23.5 Å². The summed E-state index contributed by atoms with van der Waals surface area (Å²) < 4.78 is 27.1. The molecule has 0 aliphatic rings. The third-order valence-corrected chi connectivity index (χ3v) is 5.83. The number of hydrogen-bond acceptors (Lipinski definition) is 5. The molecule has 0 saturated heterocycles. The fraction of sp³-hybridized carbons (Fsp3) is 0.750. The molecule has 11 nitrogen and oxygen atoms in total. The minimum absolute atomic E-state index is 0.453. The molecule has 0 radical (unpaired) electrons. The lowest BCUT2D eigenvalue weighted by Crippen LogP contribution is -2.44. The molecule has 13 heteroatoms. The largest absolute Gasteiger partial charge is 0.481 e. The summed E-state index contributed by atoms with van der Waals surface area (Å²) in [4.78, 5) is 58.5. The summed E-state index contributed by atoms with van der Waals surface area (Å²) in [5, 5.41) is 14.9. The van der Waals surface area contributed by atoms with Crippen molar-refractivity contribution in [2.24, 2.45) is 0 Å². The summed E-state index contributed by atoms with van der Waals surface area (Å²) in [6.45, 7) is -0.453. The van der Waals surface area contributed by atoms with Crippen LogP contribution in [0.5, 0.6) is 0 Å². The molecule has 0 rings (SSSR count). The van der Waals surface area contributed by atoms with Gasteiger partial charge in [0.1, 0.15) is 0 Å². The predicted octanol–water partition coefficient (Wildman–Crippen LogP) is -0.955. The van der Waals surface area contributed by atoms with Gasteiger partial charge in [-0.25, -0.2) is 0 Å². The molecule has 0 bridgehead atoms. The summed E-state index contributed by atoms with van der Waals surface area (Å²) in [5.74, 6) is -4.12. The monoisotopic (exact) mass is 350 g/mol. The minimum atomic E-state index is -5.44. The Morgan fingerprint density at radius 2 is 1.62 bits per heavy atom. The fourth-order valence-electron chi connectivity index (χ4n) is 1.63. The number of aliphatic carboxylic acids is 2. The molecule has 2 unspecified atom stereocenters. The molecule has 0 amide bonds. The number of methoxy groups -OCH3 is 1. The molecular formula is C8H16O11P2. The van der Waals surface area contributed by atoms with E-state index in [0.29, 0.717) is 0 Å². The smallest absolute Gasteiger partial charge is 0.342 e. The van der Waals surface area contributed by atoms with Crippen molar-refractivity contribution in [1.29, 1.82) is 0 Å². The van der Waals surface area contributed by atoms with Gasteiger partial charge in [-0.2, -0.15) is 0 Å². The van der Waals surface area contributed by atoms with Gasteiger partial charge in [-0.3, -0.25) is 18.7 Å². The van der Waals surface area contributed by atoms with Crippen molar-refractivity contribution in [3.8, 4) is 0 Å². The third kappa shape index (κ3) is 4.86. The zero-order valence-electron chi connectivity index (χ0n) is 10.8. The molecule has 0 heterocycles. The Morgan fingerprint density at radius 1 is 1.14 bits per heavy atom. The second-order valence-electron chi connectivity index (χ2n) is 4.27. The molecule has 6 N–H and O–H groups in total. The van der Waals surface area contributed by atoms with E-state index in [0.717, 1.165) is 7.11 Å². The van der Waals surface area contributed by atoms with E-state index in [-0.39, 0.29) is 0 Å². The SMILES string of the molecule is COCCC(CC(C(=O)O)P(=O)(O)O)(C(=O)O)P(=O)(O)O. The summed E-state index contributed by atoms with van der Waals surface area (Å²) in [6, 6.07) is 0. The van der Waals surface area contributed by atoms with Crippen LogP contribution in [0.25, 0.3) is 0 Å². The average molecular weight is 350 g/mol. The van der Waals surface area contributed by atoms with Crippen LogP contribution >= 0.6 is 15.2 Å². The van der Waals surface area contributed by atoms with Crippen LogP contribution in [0.1, 0.15) is 12.8 Å². The number of ether oxygens (including phenoxy) is 1. The topological polar surface area (TPSA) is 199 Å². The van der Waals surface area contributed by atoms with Crippen LogP contribution in [0.4, 0.5) is 0 Å². The summed E-state index contributed by atoms with van der Waals surface area (Å²) in [6.07, 6.45) is -2.25. The summed E-state index contributed by atoms with van der Waals surface area (Å²) >= 11 is 0. The fourth-order valence-corrected chi connectivity index (χ4v) is 3.66. The van der Waals surface area contributed by atoms with E-state index in [9.17, 15) is 28.5 Å². The molecule has 2 atom stereocenters. The Hall–Kier alpha value is -0.800. The van der Waals surface area contributed by atoms with Gasteiger partial charge in [0.05, 0.1) is 0 Å². The van der Waals surface area contributed by atoms with Crippen molar-refractivity contribution in [2.75, 3.05) is 13.7 Å². The van der Waals surface area contributed by atoms with E-state index < -0.39 is 57.4 Å². The van der Waals surface area contributed by atoms with Crippen molar-refractivity contribution in [3.63, 3.8) is 0 Å². The highest BCUT2D eigenvalue weighted by atomic mass is 31.2. The van der Waals surface area contributed by atoms with E-state index in [4.69, 9.17) is 20.0 Å². The van der Waals surface area contributed by atoms with Crippen molar-refractivity contribution >= 4 is 27.1 Å². The number of carbonyl (C=O) groups is 2. The first-order valence-electron chi connectivity index (χ1n) is 5.35. The maximum absolute atomic E-state index is 11.5. The van der Waals surface area contributed by atoms with E-state index in [1.165, 1.54) is 0 Å². The number of rotatable bonds is 9. The van der Waals surface area contributed by atoms with Crippen molar-refractivity contribution < 1.29 is 53.2 Å². The van der Waals surface area contributed by atoms with Gasteiger partial charge in [0, 0.05) is 13.7 Å². The maximum atomic E-state index is 11.5. The summed E-state index contributed by atoms with van der Waals surface area (Å²) in [7, 11) is -9.64. The highest BCUT2D eigenvalue weighted by molar-refractivity contribution is 7.55. The van der Waals surface area contributed by atoms with Gasteiger partial charge in [0.2, 0.25) is 0 Å². The lowest BCUT2D eigenvalue weighted by Gasteiger charge is -2.32. The third-order valence-electron chi connectivity index (χ3n) is 2.90. The first kappa shape index (κ1) is 20.2. The van der Waals surface area contributed by atoms with Gasteiger partial charge >= 0.3 is 27.1 Å². The van der Waals surface area contributed by atoms with E-state index >= 15 is 0 Å².